The molecule has 0 aliphatic rings. The molecule has 0 radical (unpaired) electrons. The Kier molecular flexibility index (Phi) is 11.5. The third kappa shape index (κ3) is 10.3. The van der Waals surface area contributed by atoms with Crippen LogP contribution in [0.25, 0.3) is 0 Å². The predicted molar refractivity (Wildman–Crippen MR) is 75.9 cm³/mol. The van der Waals surface area contributed by atoms with Crippen LogP contribution in [0.3, 0.4) is 0 Å². The van der Waals surface area contributed by atoms with Gasteiger partial charge >= 0.3 is 0 Å². The van der Waals surface area contributed by atoms with E-state index in [4.69, 9.17) is 14.9 Å². The summed E-state index contributed by atoms with van der Waals surface area (Å²) in [5, 5.41) is 28.0. The minimum absolute atomic E-state index is 0.0566. The number of ether oxygens (including phenoxy) is 1. The first-order valence-corrected chi connectivity index (χ1v) is 7.39. The first-order valence-electron chi connectivity index (χ1n) is 7.39. The second-order valence-corrected chi connectivity index (χ2v) is 5.49. The molecule has 0 amide bonds. The van der Waals surface area contributed by atoms with Crippen molar-refractivity contribution >= 4 is 0 Å². The van der Waals surface area contributed by atoms with Crippen molar-refractivity contribution < 1.29 is 24.5 Å². The monoisotopic (exact) mass is 278 g/mol. The van der Waals surface area contributed by atoms with Crippen LogP contribution in [0.15, 0.2) is 0 Å². The molecule has 0 spiro atoms. The second-order valence-electron chi connectivity index (χ2n) is 5.49. The van der Waals surface area contributed by atoms with E-state index in [2.05, 4.69) is 6.92 Å². The highest BCUT2D eigenvalue weighted by atomic mass is 16.5. The largest absolute Gasteiger partial charge is 0.391 e. The van der Waals surface area contributed by atoms with Gasteiger partial charge in [-0.3, -0.25) is 0 Å². The predicted octanol–water partition coefficient (Wildman–Crippen LogP) is 0.375. The number of likely N-dealkylation sites (N-methyl/N-ethyl adjacent to an activating group) is 1. The summed E-state index contributed by atoms with van der Waals surface area (Å²) < 4.78 is 5.92. The van der Waals surface area contributed by atoms with Gasteiger partial charge in [-0.25, -0.2) is 0 Å². The molecule has 0 saturated carbocycles. The van der Waals surface area contributed by atoms with Gasteiger partial charge in [0.1, 0.15) is 25.7 Å². The fourth-order valence-corrected chi connectivity index (χ4v) is 2.19. The smallest absolute Gasteiger partial charge is 0.126 e. The number of aliphatic hydroxyl groups excluding tert-OH is 3. The van der Waals surface area contributed by atoms with E-state index in [-0.39, 0.29) is 13.2 Å². The Labute approximate surface area is 117 Å². The van der Waals surface area contributed by atoms with Gasteiger partial charge in [0.25, 0.3) is 0 Å². The fourth-order valence-electron chi connectivity index (χ4n) is 2.19. The lowest BCUT2D eigenvalue weighted by Gasteiger charge is -2.35. The Morgan fingerprint density at radius 3 is 2.21 bits per heavy atom. The molecule has 1 unspecified atom stereocenters. The summed E-state index contributed by atoms with van der Waals surface area (Å²) in [4.78, 5) is 0. The molecule has 0 aromatic heterocycles. The lowest BCUT2D eigenvalue weighted by molar-refractivity contribution is -0.913. The van der Waals surface area contributed by atoms with Gasteiger partial charge in [0, 0.05) is 6.61 Å². The van der Waals surface area contributed by atoms with Crippen LogP contribution < -0.4 is 0 Å². The van der Waals surface area contributed by atoms with Gasteiger partial charge in [0.05, 0.1) is 26.9 Å². The van der Waals surface area contributed by atoms with Crippen LogP contribution in [0.2, 0.25) is 0 Å². The molecule has 19 heavy (non-hydrogen) atoms. The summed E-state index contributed by atoms with van der Waals surface area (Å²) in [5.41, 5.74) is 0. The molecular weight excluding hydrogens is 246 g/mol. The molecule has 1 atom stereocenters. The number of quaternary nitrogens is 1. The van der Waals surface area contributed by atoms with Crippen LogP contribution >= 0.6 is 0 Å². The molecule has 5 nitrogen and oxygen atoms in total. The number of rotatable bonds is 13. The molecule has 0 aromatic carbocycles. The number of hydrogen-bond acceptors (Lipinski definition) is 4. The lowest BCUT2D eigenvalue weighted by Crippen LogP contribution is -2.52. The first-order chi connectivity index (χ1) is 9.08. The molecule has 0 bridgehead atoms. The number of nitrogens with zero attached hydrogens (tertiary/aromatic N) is 1. The van der Waals surface area contributed by atoms with Crippen LogP contribution in [0, 0.1) is 0 Å². The highest BCUT2D eigenvalue weighted by Crippen LogP contribution is 2.05. The molecule has 5 heteroatoms. The number of hydrogen-bond donors (Lipinski definition) is 3. The summed E-state index contributed by atoms with van der Waals surface area (Å²) in [6.45, 7) is 4.88. The zero-order chi connectivity index (χ0) is 14.6. The van der Waals surface area contributed by atoms with Crippen LogP contribution in [-0.2, 0) is 4.74 Å². The third-order valence-corrected chi connectivity index (χ3v) is 3.38. The van der Waals surface area contributed by atoms with E-state index in [9.17, 15) is 5.11 Å². The zero-order valence-corrected chi connectivity index (χ0v) is 12.6. The van der Waals surface area contributed by atoms with Crippen molar-refractivity contribution in [2.24, 2.45) is 0 Å². The Morgan fingerprint density at radius 2 is 1.68 bits per heavy atom. The Hall–Kier alpha value is -0.200. The third-order valence-electron chi connectivity index (χ3n) is 3.38. The molecule has 116 valence electrons. The number of aliphatic hydroxyl groups is 3. The maximum Gasteiger partial charge on any atom is 0.126 e. The Bertz CT molecular complexity index is 196. The maximum atomic E-state index is 9.94. The SMILES string of the molecule is CCCCCCOCC(O)C[N+](C)(CCO)CCO. The van der Waals surface area contributed by atoms with E-state index in [1.54, 1.807) is 0 Å². The zero-order valence-electron chi connectivity index (χ0n) is 12.6. The highest BCUT2D eigenvalue weighted by molar-refractivity contribution is 4.54. The van der Waals surface area contributed by atoms with Crippen molar-refractivity contribution in [3.63, 3.8) is 0 Å². The summed E-state index contributed by atoms with van der Waals surface area (Å²) in [5.74, 6) is 0. The average molecular weight is 278 g/mol. The molecule has 3 N–H and O–H groups in total. The summed E-state index contributed by atoms with van der Waals surface area (Å²) in [6.07, 6.45) is 4.11. The van der Waals surface area contributed by atoms with Crippen LogP contribution in [0.5, 0.6) is 0 Å². The lowest BCUT2D eigenvalue weighted by atomic mass is 10.2. The van der Waals surface area contributed by atoms with E-state index in [1.807, 2.05) is 7.05 Å². The summed E-state index contributed by atoms with van der Waals surface area (Å²) in [6, 6.07) is 0. The van der Waals surface area contributed by atoms with Crippen LogP contribution in [0.4, 0.5) is 0 Å². The van der Waals surface area contributed by atoms with Gasteiger partial charge in [0.2, 0.25) is 0 Å². The summed E-state index contributed by atoms with van der Waals surface area (Å²) in [7, 11) is 1.93. The topological polar surface area (TPSA) is 69.9 Å². The van der Waals surface area contributed by atoms with Gasteiger partial charge in [-0.15, -0.1) is 0 Å². The molecular formula is C14H32NO4+. The van der Waals surface area contributed by atoms with Gasteiger partial charge in [-0.1, -0.05) is 26.2 Å². The molecule has 0 aliphatic carbocycles. The average Bonchev–Trinajstić information content (AvgIpc) is 2.33. The van der Waals surface area contributed by atoms with E-state index in [0.717, 1.165) is 6.42 Å². The molecule has 0 rings (SSSR count). The Balaban J connectivity index is 3.77. The van der Waals surface area contributed by atoms with E-state index in [0.29, 0.717) is 37.3 Å². The molecule has 0 aromatic rings. The minimum atomic E-state index is -0.547. The number of unbranched alkanes of at least 4 members (excludes halogenated alkanes) is 3. The minimum Gasteiger partial charge on any atom is -0.391 e. The van der Waals surface area contributed by atoms with Crippen molar-refractivity contribution in [3.8, 4) is 0 Å². The van der Waals surface area contributed by atoms with Gasteiger partial charge in [0.15, 0.2) is 0 Å². The van der Waals surface area contributed by atoms with Crippen molar-refractivity contribution in [2.45, 2.75) is 38.7 Å². The highest BCUT2D eigenvalue weighted by Gasteiger charge is 2.24. The maximum absolute atomic E-state index is 9.94. The van der Waals surface area contributed by atoms with Crippen molar-refractivity contribution in [3.05, 3.63) is 0 Å². The van der Waals surface area contributed by atoms with E-state index in [1.165, 1.54) is 19.3 Å². The van der Waals surface area contributed by atoms with Gasteiger partial charge in [-0.05, 0) is 6.42 Å². The molecule has 0 fully saturated rings. The molecule has 0 heterocycles. The van der Waals surface area contributed by atoms with Crippen molar-refractivity contribution in [2.75, 3.05) is 53.1 Å². The molecule has 0 saturated heterocycles. The van der Waals surface area contributed by atoms with Crippen LogP contribution in [-0.4, -0.2) is 79.0 Å². The van der Waals surface area contributed by atoms with E-state index >= 15 is 0 Å². The fraction of sp³-hybridized carbons (Fsp3) is 1.00. The standard InChI is InChI=1S/C14H32NO4/c1-3-4-5-6-11-19-13-14(18)12-15(2,7-9-16)8-10-17/h14,16-18H,3-13H2,1-2H3/q+1. The first kappa shape index (κ1) is 18.8. The van der Waals surface area contributed by atoms with Crippen molar-refractivity contribution in [1.29, 1.82) is 0 Å². The second kappa shape index (κ2) is 11.6. The van der Waals surface area contributed by atoms with E-state index < -0.39 is 6.10 Å². The van der Waals surface area contributed by atoms with Gasteiger partial charge < -0.3 is 24.5 Å². The molecule has 0 aliphatic heterocycles. The summed E-state index contributed by atoms with van der Waals surface area (Å²) >= 11 is 0. The van der Waals surface area contributed by atoms with Gasteiger partial charge in [-0.2, -0.15) is 0 Å². The quantitative estimate of drug-likeness (QED) is 0.336. The Morgan fingerprint density at radius 1 is 1.05 bits per heavy atom. The normalized spacial score (nSPS) is 13.7. The van der Waals surface area contributed by atoms with Crippen LogP contribution in [0.1, 0.15) is 32.6 Å². The van der Waals surface area contributed by atoms with Crippen molar-refractivity contribution in [1.82, 2.24) is 0 Å².